The number of aromatic amines is 1. The Balaban J connectivity index is 1.55. The van der Waals surface area contributed by atoms with Crippen molar-refractivity contribution >= 4 is 11.6 Å². The van der Waals surface area contributed by atoms with E-state index in [1.807, 2.05) is 86.6 Å². The molecule has 1 aromatic heterocycles. The molecule has 3 aromatic carbocycles. The fraction of sp³-hybridized carbons (Fsp3) is 0.281. The van der Waals surface area contributed by atoms with E-state index in [4.69, 9.17) is 10.5 Å². The van der Waals surface area contributed by atoms with Gasteiger partial charge in [0.15, 0.2) is 5.78 Å². The van der Waals surface area contributed by atoms with Gasteiger partial charge in [-0.15, -0.1) is 0 Å². The minimum absolute atomic E-state index is 0.0704. The quantitative estimate of drug-likeness (QED) is 0.214. The predicted molar refractivity (Wildman–Crippen MR) is 159 cm³/mol. The molecule has 0 aliphatic heterocycles. The van der Waals surface area contributed by atoms with E-state index in [2.05, 4.69) is 4.98 Å². The Labute approximate surface area is 238 Å². The van der Waals surface area contributed by atoms with Crippen LogP contribution in [-0.2, 0) is 19.7 Å². The number of nitrogens with two attached hydrogens (primary N) is 1. The summed E-state index contributed by atoms with van der Waals surface area (Å²) in [6, 6.07) is 26.5. The van der Waals surface area contributed by atoms with Crippen molar-refractivity contribution in [3.8, 4) is 5.75 Å². The van der Waals surface area contributed by atoms with Crippen LogP contribution in [0.3, 0.4) is 0 Å². The molecule has 0 bridgehead atoms. The number of benzene rings is 3. The molecule has 0 saturated heterocycles. The molecule has 9 heteroatoms. The fourth-order valence-electron chi connectivity index (χ4n) is 4.61. The van der Waals surface area contributed by atoms with E-state index in [-0.39, 0.29) is 36.9 Å². The number of nitrogens with one attached hydrogen (secondary N) is 1. The topological polar surface area (TPSA) is 131 Å². The summed E-state index contributed by atoms with van der Waals surface area (Å²) in [6.45, 7) is 4.72. The largest absolute Gasteiger partial charge is 0.489 e. The number of Topliss-reactive ketones (excluding diaryl/α,β-unsaturated/α-hetero) is 1. The van der Waals surface area contributed by atoms with Crippen molar-refractivity contribution in [1.82, 2.24) is 14.5 Å². The first-order valence-corrected chi connectivity index (χ1v) is 13.6. The molecule has 0 amide bonds. The summed E-state index contributed by atoms with van der Waals surface area (Å²) in [5, 5.41) is 11.2. The van der Waals surface area contributed by atoms with E-state index in [0.717, 1.165) is 11.1 Å². The lowest BCUT2D eigenvalue weighted by Crippen LogP contribution is -2.40. The summed E-state index contributed by atoms with van der Waals surface area (Å²) in [7, 11) is 0. The molecule has 0 spiro atoms. The molecule has 0 saturated carbocycles. The number of ether oxygens (including phenoxy) is 1. The summed E-state index contributed by atoms with van der Waals surface area (Å²) < 4.78 is 7.14. The van der Waals surface area contributed by atoms with Crippen molar-refractivity contribution in [1.29, 1.82) is 0 Å². The molecule has 41 heavy (non-hydrogen) atoms. The van der Waals surface area contributed by atoms with Crippen molar-refractivity contribution in [2.24, 2.45) is 5.92 Å². The number of aromatic nitrogens is 2. The third-order valence-electron chi connectivity index (χ3n) is 6.60. The predicted octanol–water partition coefficient (Wildman–Crippen LogP) is 3.77. The van der Waals surface area contributed by atoms with Gasteiger partial charge in [-0.1, -0.05) is 86.6 Å². The van der Waals surface area contributed by atoms with Crippen LogP contribution in [0.4, 0.5) is 5.82 Å². The number of carbonyl (C=O) groups is 1. The van der Waals surface area contributed by atoms with Crippen LogP contribution < -0.4 is 21.7 Å². The smallest absolute Gasteiger partial charge is 0.329 e. The first kappa shape index (κ1) is 29.5. The minimum atomic E-state index is -0.947. The van der Waals surface area contributed by atoms with Crippen LogP contribution in [0.25, 0.3) is 0 Å². The van der Waals surface area contributed by atoms with Crippen LogP contribution >= 0.6 is 0 Å². The average Bonchev–Trinajstić information content (AvgIpc) is 2.95. The van der Waals surface area contributed by atoms with Gasteiger partial charge in [-0.3, -0.25) is 24.0 Å². The SMILES string of the molecule is CC(C)Cn1c(N)c(C(=O)CN(Cc2ccccc2)CC(O)c2cccc(OCc3ccccc3)c2)c(=O)[nH]c1=O. The molecule has 4 aromatic rings. The Morgan fingerprint density at radius 2 is 1.63 bits per heavy atom. The van der Waals surface area contributed by atoms with Gasteiger partial charge in [0, 0.05) is 19.6 Å². The number of hydrogen-bond donors (Lipinski definition) is 3. The number of hydrogen-bond acceptors (Lipinski definition) is 7. The third-order valence-corrected chi connectivity index (χ3v) is 6.60. The number of nitrogen functional groups attached to an aromatic ring is 1. The Hall–Kier alpha value is -4.47. The molecule has 1 unspecified atom stereocenters. The number of nitrogens with zero attached hydrogens (tertiary/aromatic N) is 2. The van der Waals surface area contributed by atoms with Crippen molar-refractivity contribution in [2.45, 2.75) is 39.6 Å². The van der Waals surface area contributed by atoms with Gasteiger partial charge in [0.05, 0.1) is 12.6 Å². The minimum Gasteiger partial charge on any atom is -0.489 e. The van der Waals surface area contributed by atoms with Crippen LogP contribution in [-0.4, -0.2) is 38.4 Å². The molecule has 0 aliphatic rings. The van der Waals surface area contributed by atoms with Crippen molar-refractivity contribution in [3.63, 3.8) is 0 Å². The number of rotatable bonds is 13. The Kier molecular flexibility index (Phi) is 9.89. The zero-order chi connectivity index (χ0) is 29.4. The first-order chi connectivity index (χ1) is 19.7. The molecule has 214 valence electrons. The van der Waals surface area contributed by atoms with E-state index in [1.54, 1.807) is 17.0 Å². The van der Waals surface area contributed by atoms with E-state index >= 15 is 0 Å². The second-order valence-electron chi connectivity index (χ2n) is 10.5. The summed E-state index contributed by atoms with van der Waals surface area (Å²) in [6.07, 6.45) is -0.947. The molecule has 1 atom stereocenters. The Bertz CT molecular complexity index is 1560. The highest BCUT2D eigenvalue weighted by molar-refractivity contribution is 6.01. The first-order valence-electron chi connectivity index (χ1n) is 13.6. The molecule has 0 radical (unpaired) electrons. The van der Waals surface area contributed by atoms with Crippen molar-refractivity contribution < 1.29 is 14.6 Å². The molecule has 9 nitrogen and oxygen atoms in total. The summed E-state index contributed by atoms with van der Waals surface area (Å²) >= 11 is 0. The summed E-state index contributed by atoms with van der Waals surface area (Å²) in [5.74, 6) is -0.00548. The number of carbonyl (C=O) groups excluding carboxylic acids is 1. The zero-order valence-electron chi connectivity index (χ0n) is 23.3. The van der Waals surface area contributed by atoms with Gasteiger partial charge in [0.1, 0.15) is 23.7 Å². The van der Waals surface area contributed by atoms with Crippen molar-refractivity contribution in [2.75, 3.05) is 18.8 Å². The van der Waals surface area contributed by atoms with Gasteiger partial charge in [-0.2, -0.15) is 0 Å². The zero-order valence-corrected chi connectivity index (χ0v) is 23.3. The Morgan fingerprint density at radius 1 is 0.976 bits per heavy atom. The number of H-pyrrole nitrogens is 1. The van der Waals surface area contributed by atoms with Gasteiger partial charge < -0.3 is 15.6 Å². The maximum atomic E-state index is 13.5. The normalized spacial score (nSPS) is 12.0. The van der Waals surface area contributed by atoms with Crippen LogP contribution in [0.15, 0.2) is 94.5 Å². The molecule has 4 N–H and O–H groups in total. The second-order valence-corrected chi connectivity index (χ2v) is 10.5. The highest BCUT2D eigenvalue weighted by Crippen LogP contribution is 2.22. The summed E-state index contributed by atoms with van der Waals surface area (Å²) in [5.41, 5.74) is 7.05. The number of anilines is 1. The number of aliphatic hydroxyl groups excluding tert-OH is 1. The number of ketones is 1. The number of aliphatic hydroxyl groups is 1. The third kappa shape index (κ3) is 8.03. The highest BCUT2D eigenvalue weighted by atomic mass is 16.5. The fourth-order valence-corrected chi connectivity index (χ4v) is 4.61. The monoisotopic (exact) mass is 556 g/mol. The van der Waals surface area contributed by atoms with Gasteiger partial charge in [0.25, 0.3) is 5.56 Å². The van der Waals surface area contributed by atoms with Crippen molar-refractivity contribution in [3.05, 3.63) is 128 Å². The molecule has 1 heterocycles. The lowest BCUT2D eigenvalue weighted by atomic mass is 10.1. The lowest BCUT2D eigenvalue weighted by molar-refractivity contribution is 0.0817. The average molecular weight is 557 g/mol. The molecular formula is C32H36N4O5. The van der Waals surface area contributed by atoms with Crippen LogP contribution in [0.2, 0.25) is 0 Å². The maximum Gasteiger partial charge on any atom is 0.329 e. The molecule has 4 rings (SSSR count). The van der Waals surface area contributed by atoms with E-state index in [1.165, 1.54) is 4.57 Å². The van der Waals surface area contributed by atoms with E-state index < -0.39 is 23.1 Å². The van der Waals surface area contributed by atoms with Gasteiger partial charge in [-0.25, -0.2) is 4.79 Å². The lowest BCUT2D eigenvalue weighted by Gasteiger charge is -2.25. The van der Waals surface area contributed by atoms with Crippen LogP contribution in [0, 0.1) is 5.92 Å². The van der Waals surface area contributed by atoms with Crippen LogP contribution in [0.5, 0.6) is 5.75 Å². The van der Waals surface area contributed by atoms with Gasteiger partial charge in [0.2, 0.25) is 0 Å². The van der Waals surface area contributed by atoms with Crippen LogP contribution in [0.1, 0.15) is 47.0 Å². The molecule has 0 aliphatic carbocycles. The standard InChI is InChI=1S/C32H36N4O5/c1-22(2)17-36-30(33)29(31(39)34-32(36)40)28(38)20-35(18-23-10-5-3-6-11-23)19-27(37)25-14-9-15-26(16-25)41-21-24-12-7-4-8-13-24/h3-16,22,27,37H,17-21,33H2,1-2H3,(H,34,39,40). The van der Waals surface area contributed by atoms with E-state index in [9.17, 15) is 19.5 Å². The van der Waals surface area contributed by atoms with Gasteiger partial charge in [-0.05, 0) is 34.7 Å². The summed E-state index contributed by atoms with van der Waals surface area (Å²) in [4.78, 5) is 42.5. The Morgan fingerprint density at radius 3 is 2.29 bits per heavy atom. The van der Waals surface area contributed by atoms with E-state index in [0.29, 0.717) is 24.5 Å². The maximum absolute atomic E-state index is 13.5. The second kappa shape index (κ2) is 13.7. The highest BCUT2D eigenvalue weighted by Gasteiger charge is 2.24. The van der Waals surface area contributed by atoms with Gasteiger partial charge >= 0.3 is 5.69 Å². The molecule has 0 fully saturated rings. The molecular weight excluding hydrogens is 520 g/mol.